The van der Waals surface area contributed by atoms with Crippen molar-refractivity contribution in [3.05, 3.63) is 47.7 Å². The molecule has 3 heterocycles. The highest BCUT2D eigenvalue weighted by Gasteiger charge is 2.15. The third kappa shape index (κ3) is 5.25. The fourth-order valence-electron chi connectivity index (χ4n) is 3.21. The maximum atomic E-state index is 13.4. The lowest BCUT2D eigenvalue weighted by Crippen LogP contribution is -2.28. The molecule has 0 bridgehead atoms. The number of carbonyl (C=O) groups is 1. The predicted molar refractivity (Wildman–Crippen MR) is 116 cm³/mol. The van der Waals surface area contributed by atoms with Gasteiger partial charge in [-0.25, -0.2) is 19.2 Å². The number of amides is 2. The van der Waals surface area contributed by atoms with Gasteiger partial charge in [0.25, 0.3) is 0 Å². The molecule has 1 aliphatic heterocycles. The van der Waals surface area contributed by atoms with E-state index in [1.807, 2.05) is 6.92 Å². The summed E-state index contributed by atoms with van der Waals surface area (Å²) in [4.78, 5) is 22.8. The van der Waals surface area contributed by atoms with Crippen LogP contribution in [0.25, 0.3) is 11.0 Å². The number of aromatic nitrogens is 2. The number of fused-ring (bicyclic) bond motifs is 1. The molecule has 0 saturated carbocycles. The standard InChI is InChI=1S/C19H20FN5O2.C3H8/c1-12-15-8-13(20)4-5-16(15)27-17(12)11-23-19(26)24-14-9-21-18(22-10-14)25-6-2-3-7-25;1-3-2/h4-5,8-10H,2-3,6-7,11H2,1H3,(H2,23,24,26);3H2,1-2H3. The van der Waals surface area contributed by atoms with Crippen molar-refractivity contribution in [3.8, 4) is 0 Å². The van der Waals surface area contributed by atoms with E-state index in [4.69, 9.17) is 4.42 Å². The largest absolute Gasteiger partial charge is 0.459 e. The average Bonchev–Trinajstić information content (AvgIpc) is 3.37. The van der Waals surface area contributed by atoms with E-state index < -0.39 is 6.03 Å². The monoisotopic (exact) mass is 413 g/mol. The molecule has 0 radical (unpaired) electrons. The van der Waals surface area contributed by atoms with Crippen molar-refractivity contribution >= 4 is 28.6 Å². The third-order valence-electron chi connectivity index (χ3n) is 4.69. The Hall–Kier alpha value is -3.16. The van der Waals surface area contributed by atoms with E-state index >= 15 is 0 Å². The van der Waals surface area contributed by atoms with Crippen LogP contribution in [0.3, 0.4) is 0 Å². The highest BCUT2D eigenvalue weighted by atomic mass is 19.1. The molecule has 2 amide bonds. The summed E-state index contributed by atoms with van der Waals surface area (Å²) in [5.41, 5.74) is 1.92. The number of rotatable bonds is 4. The summed E-state index contributed by atoms with van der Waals surface area (Å²) in [6.07, 6.45) is 6.74. The van der Waals surface area contributed by atoms with E-state index in [1.165, 1.54) is 18.6 Å². The van der Waals surface area contributed by atoms with E-state index in [2.05, 4.69) is 39.3 Å². The first-order valence-electron chi connectivity index (χ1n) is 10.3. The number of hydrogen-bond donors (Lipinski definition) is 2. The molecular weight excluding hydrogens is 385 g/mol. The van der Waals surface area contributed by atoms with E-state index in [1.54, 1.807) is 18.5 Å². The molecule has 1 fully saturated rings. The number of aryl methyl sites for hydroxylation is 1. The zero-order chi connectivity index (χ0) is 21.5. The summed E-state index contributed by atoms with van der Waals surface area (Å²) < 4.78 is 19.1. The topological polar surface area (TPSA) is 83.3 Å². The maximum Gasteiger partial charge on any atom is 0.319 e. The first-order valence-corrected chi connectivity index (χ1v) is 10.3. The van der Waals surface area contributed by atoms with Crippen LogP contribution in [0.5, 0.6) is 0 Å². The number of furan rings is 1. The molecule has 0 atom stereocenters. The van der Waals surface area contributed by atoms with Gasteiger partial charge in [-0.2, -0.15) is 0 Å². The summed E-state index contributed by atoms with van der Waals surface area (Å²) in [5, 5.41) is 6.13. The second-order valence-electron chi connectivity index (χ2n) is 7.27. The van der Waals surface area contributed by atoms with Crippen molar-refractivity contribution < 1.29 is 13.6 Å². The summed E-state index contributed by atoms with van der Waals surface area (Å²) >= 11 is 0. The van der Waals surface area contributed by atoms with Gasteiger partial charge in [-0.1, -0.05) is 20.3 Å². The van der Waals surface area contributed by atoms with E-state index in [-0.39, 0.29) is 12.4 Å². The SMILES string of the molecule is CCC.Cc1c(CNC(=O)Nc2cnc(N3CCCC3)nc2)oc2ccc(F)cc12. The highest BCUT2D eigenvalue weighted by Crippen LogP contribution is 2.25. The molecule has 0 aliphatic carbocycles. The molecule has 1 saturated heterocycles. The minimum atomic E-state index is -0.390. The molecule has 3 aromatic rings. The Morgan fingerprint density at radius 1 is 1.20 bits per heavy atom. The zero-order valence-corrected chi connectivity index (χ0v) is 17.7. The van der Waals surface area contributed by atoms with E-state index in [0.717, 1.165) is 31.5 Å². The van der Waals surface area contributed by atoms with Gasteiger partial charge in [0.15, 0.2) is 0 Å². The second kappa shape index (κ2) is 10.0. The summed E-state index contributed by atoms with van der Waals surface area (Å²) in [6, 6.07) is 3.97. The Labute approximate surface area is 175 Å². The summed E-state index contributed by atoms with van der Waals surface area (Å²) in [7, 11) is 0. The Kier molecular flexibility index (Phi) is 7.21. The molecule has 1 aromatic carbocycles. The first-order chi connectivity index (χ1) is 14.5. The van der Waals surface area contributed by atoms with Crippen LogP contribution in [0.15, 0.2) is 35.0 Å². The van der Waals surface area contributed by atoms with Crippen LogP contribution in [0.2, 0.25) is 0 Å². The predicted octanol–water partition coefficient (Wildman–Crippen LogP) is 5.01. The van der Waals surface area contributed by atoms with Gasteiger partial charge < -0.3 is 20.0 Å². The van der Waals surface area contributed by atoms with Crippen LogP contribution in [-0.2, 0) is 6.54 Å². The number of carbonyl (C=O) groups excluding carboxylic acids is 1. The Morgan fingerprint density at radius 3 is 2.53 bits per heavy atom. The number of urea groups is 1. The normalized spacial score (nSPS) is 13.1. The van der Waals surface area contributed by atoms with Gasteiger partial charge >= 0.3 is 6.03 Å². The number of benzene rings is 1. The lowest BCUT2D eigenvalue weighted by Gasteiger charge is -2.14. The molecule has 2 aromatic heterocycles. The molecule has 4 rings (SSSR count). The first kappa shape index (κ1) is 21.5. The summed E-state index contributed by atoms with van der Waals surface area (Å²) in [5.74, 6) is 0.955. The minimum Gasteiger partial charge on any atom is -0.459 e. The van der Waals surface area contributed by atoms with Crippen LogP contribution >= 0.6 is 0 Å². The molecule has 7 nitrogen and oxygen atoms in total. The van der Waals surface area contributed by atoms with Crippen molar-refractivity contribution in [3.63, 3.8) is 0 Å². The van der Waals surface area contributed by atoms with Gasteiger partial charge in [-0.15, -0.1) is 0 Å². The van der Waals surface area contributed by atoms with Crippen molar-refractivity contribution in [2.75, 3.05) is 23.3 Å². The van der Waals surface area contributed by atoms with Crippen LogP contribution in [0, 0.1) is 12.7 Å². The van der Waals surface area contributed by atoms with Crippen LogP contribution in [0.4, 0.5) is 20.8 Å². The Morgan fingerprint density at radius 2 is 1.87 bits per heavy atom. The van der Waals surface area contributed by atoms with Gasteiger partial charge in [0.1, 0.15) is 17.2 Å². The van der Waals surface area contributed by atoms with Crippen molar-refractivity contribution in [2.45, 2.75) is 46.6 Å². The third-order valence-corrected chi connectivity index (χ3v) is 4.69. The van der Waals surface area contributed by atoms with Gasteiger partial charge in [0.05, 0.1) is 24.6 Å². The lowest BCUT2D eigenvalue weighted by molar-refractivity contribution is 0.251. The smallest absolute Gasteiger partial charge is 0.319 e. The second-order valence-corrected chi connectivity index (χ2v) is 7.27. The molecule has 160 valence electrons. The minimum absolute atomic E-state index is 0.195. The van der Waals surface area contributed by atoms with Gasteiger partial charge in [0, 0.05) is 24.0 Å². The Bertz CT molecular complexity index is 981. The molecule has 8 heteroatoms. The number of nitrogens with one attached hydrogen (secondary N) is 2. The quantitative estimate of drug-likeness (QED) is 0.628. The number of nitrogens with zero attached hydrogens (tertiary/aromatic N) is 3. The fourth-order valence-corrected chi connectivity index (χ4v) is 3.21. The molecular formula is C22H28FN5O2. The van der Waals surface area contributed by atoms with Crippen LogP contribution in [0.1, 0.15) is 44.4 Å². The fraction of sp³-hybridized carbons (Fsp3) is 0.409. The van der Waals surface area contributed by atoms with Gasteiger partial charge in [-0.3, -0.25) is 0 Å². The molecule has 30 heavy (non-hydrogen) atoms. The highest BCUT2D eigenvalue weighted by molar-refractivity contribution is 5.89. The van der Waals surface area contributed by atoms with Gasteiger partial charge in [0.2, 0.25) is 5.95 Å². The summed E-state index contributed by atoms with van der Waals surface area (Å²) in [6.45, 7) is 8.22. The van der Waals surface area contributed by atoms with E-state index in [0.29, 0.717) is 28.4 Å². The molecule has 2 N–H and O–H groups in total. The number of halogens is 1. The molecule has 0 spiro atoms. The number of hydrogen-bond acceptors (Lipinski definition) is 5. The number of anilines is 2. The van der Waals surface area contributed by atoms with Crippen molar-refractivity contribution in [1.29, 1.82) is 0 Å². The van der Waals surface area contributed by atoms with E-state index in [9.17, 15) is 9.18 Å². The van der Waals surface area contributed by atoms with Crippen LogP contribution < -0.4 is 15.5 Å². The molecule has 0 unspecified atom stereocenters. The van der Waals surface area contributed by atoms with Crippen LogP contribution in [-0.4, -0.2) is 29.1 Å². The van der Waals surface area contributed by atoms with Crippen molar-refractivity contribution in [1.82, 2.24) is 15.3 Å². The lowest BCUT2D eigenvalue weighted by atomic mass is 10.1. The molecule has 1 aliphatic rings. The maximum absolute atomic E-state index is 13.4. The average molecular weight is 413 g/mol. The van der Waals surface area contributed by atoms with Gasteiger partial charge in [-0.05, 0) is 38.0 Å². The Balaban J connectivity index is 0.000000806. The van der Waals surface area contributed by atoms with Crippen molar-refractivity contribution in [2.24, 2.45) is 0 Å². The zero-order valence-electron chi connectivity index (χ0n) is 17.7.